The summed E-state index contributed by atoms with van der Waals surface area (Å²) in [6.07, 6.45) is 5.49. The lowest BCUT2D eigenvalue weighted by Crippen LogP contribution is -2.42. The molecule has 0 bridgehead atoms. The highest BCUT2D eigenvalue weighted by Crippen LogP contribution is 2.33. The van der Waals surface area contributed by atoms with Gasteiger partial charge in [0.1, 0.15) is 0 Å². The molecule has 1 nitrogen and oxygen atoms in total. The number of unbranched alkanes of at least 4 members (excludes halogenated alkanes) is 6. The monoisotopic (exact) mass is 357 g/mol. The molecule has 1 aliphatic heterocycles. The van der Waals surface area contributed by atoms with E-state index in [1.165, 1.54) is 32.1 Å². The van der Waals surface area contributed by atoms with Crippen molar-refractivity contribution in [3.63, 3.8) is 0 Å². The van der Waals surface area contributed by atoms with Crippen molar-refractivity contribution in [1.82, 2.24) is 4.90 Å². The predicted molar refractivity (Wildman–Crippen MR) is 81.3 cm³/mol. The van der Waals surface area contributed by atoms with Crippen LogP contribution in [-0.2, 0) is 0 Å². The summed E-state index contributed by atoms with van der Waals surface area (Å²) < 4.78 is 38.0. The molecule has 0 spiro atoms. The summed E-state index contributed by atoms with van der Waals surface area (Å²) in [6, 6.07) is 0. The Morgan fingerprint density at radius 1 is 0.950 bits per heavy atom. The summed E-state index contributed by atoms with van der Waals surface area (Å²) in [4.78, 5) is 2.01. The third-order valence-electron chi connectivity index (χ3n) is 4.08. The van der Waals surface area contributed by atoms with Crippen LogP contribution in [0.3, 0.4) is 0 Å². The Kier molecular flexibility index (Phi) is 9.18. The molecule has 20 heavy (non-hydrogen) atoms. The van der Waals surface area contributed by atoms with E-state index in [2.05, 4.69) is 15.9 Å². The fraction of sp³-hybridized carbons (Fsp3) is 1.00. The van der Waals surface area contributed by atoms with Crippen LogP contribution in [0.1, 0.15) is 57.8 Å². The van der Waals surface area contributed by atoms with Crippen molar-refractivity contribution in [1.29, 1.82) is 0 Å². The summed E-state index contributed by atoms with van der Waals surface area (Å²) in [5.74, 6) is -1.10. The van der Waals surface area contributed by atoms with Crippen molar-refractivity contribution in [2.45, 2.75) is 64.0 Å². The SMILES string of the molecule is FC(F)(F)C1CCCN(CCCCCCCCCBr)C1. The van der Waals surface area contributed by atoms with E-state index in [0.717, 1.165) is 31.3 Å². The minimum Gasteiger partial charge on any atom is -0.303 e. The van der Waals surface area contributed by atoms with Crippen molar-refractivity contribution < 1.29 is 13.2 Å². The zero-order valence-corrected chi connectivity index (χ0v) is 13.8. The Hall–Kier alpha value is 0.230. The topological polar surface area (TPSA) is 3.24 Å². The van der Waals surface area contributed by atoms with Crippen molar-refractivity contribution in [3.05, 3.63) is 0 Å². The molecule has 0 aliphatic carbocycles. The van der Waals surface area contributed by atoms with E-state index < -0.39 is 12.1 Å². The maximum absolute atomic E-state index is 12.7. The molecule has 1 fully saturated rings. The first-order valence-electron chi connectivity index (χ1n) is 7.89. The number of alkyl halides is 4. The summed E-state index contributed by atoms with van der Waals surface area (Å²) in [6.45, 7) is 1.90. The Morgan fingerprint density at radius 2 is 1.55 bits per heavy atom. The highest BCUT2D eigenvalue weighted by atomic mass is 79.9. The van der Waals surface area contributed by atoms with Gasteiger partial charge in [-0.1, -0.05) is 48.0 Å². The predicted octanol–water partition coefficient (Wildman–Crippen LogP) is 5.39. The smallest absolute Gasteiger partial charge is 0.303 e. The highest BCUT2D eigenvalue weighted by molar-refractivity contribution is 9.09. The molecule has 0 aromatic rings. The normalized spacial score (nSPS) is 21.3. The second kappa shape index (κ2) is 10.0. The Bertz CT molecular complexity index is 246. The summed E-state index contributed by atoms with van der Waals surface area (Å²) in [7, 11) is 0. The second-order valence-electron chi connectivity index (χ2n) is 5.85. The fourth-order valence-electron chi connectivity index (χ4n) is 2.84. The van der Waals surface area contributed by atoms with E-state index >= 15 is 0 Å². The fourth-order valence-corrected chi connectivity index (χ4v) is 3.24. The van der Waals surface area contributed by atoms with Crippen LogP contribution in [0.2, 0.25) is 0 Å². The summed E-state index contributed by atoms with van der Waals surface area (Å²) >= 11 is 3.42. The van der Waals surface area contributed by atoms with E-state index in [1.54, 1.807) is 0 Å². The average Bonchev–Trinajstić information content (AvgIpc) is 2.41. The first-order chi connectivity index (χ1) is 9.54. The Morgan fingerprint density at radius 3 is 2.15 bits per heavy atom. The molecule has 0 N–H and O–H groups in total. The number of hydrogen-bond donors (Lipinski definition) is 0. The third-order valence-corrected chi connectivity index (χ3v) is 4.64. The van der Waals surface area contributed by atoms with Gasteiger partial charge in [-0.15, -0.1) is 0 Å². The molecule has 0 saturated carbocycles. The van der Waals surface area contributed by atoms with Crippen LogP contribution in [0.15, 0.2) is 0 Å². The van der Waals surface area contributed by atoms with Gasteiger partial charge < -0.3 is 4.90 Å². The molecular weight excluding hydrogens is 331 g/mol. The standard InChI is InChI=1S/C15H27BrF3N/c16-10-6-4-2-1-3-5-7-11-20-12-8-9-14(13-20)15(17,18)19/h14H,1-13H2. The number of nitrogens with zero attached hydrogens (tertiary/aromatic N) is 1. The second-order valence-corrected chi connectivity index (χ2v) is 6.64. The minimum atomic E-state index is -4.01. The van der Waals surface area contributed by atoms with Gasteiger partial charge in [-0.2, -0.15) is 13.2 Å². The molecule has 0 amide bonds. The molecule has 0 aromatic heterocycles. The van der Waals surface area contributed by atoms with Crippen LogP contribution in [0.4, 0.5) is 13.2 Å². The molecule has 1 atom stereocenters. The number of likely N-dealkylation sites (tertiary alicyclic amines) is 1. The first kappa shape index (κ1) is 18.3. The van der Waals surface area contributed by atoms with Crippen LogP contribution >= 0.6 is 15.9 Å². The van der Waals surface area contributed by atoms with Crippen LogP contribution in [0, 0.1) is 5.92 Å². The van der Waals surface area contributed by atoms with Crippen LogP contribution in [-0.4, -0.2) is 36.0 Å². The summed E-state index contributed by atoms with van der Waals surface area (Å²) in [5, 5.41) is 1.09. The molecule has 1 saturated heterocycles. The molecule has 1 heterocycles. The van der Waals surface area contributed by atoms with E-state index in [0.29, 0.717) is 12.8 Å². The van der Waals surface area contributed by atoms with Gasteiger partial charge in [0.05, 0.1) is 5.92 Å². The van der Waals surface area contributed by atoms with Crippen LogP contribution in [0.5, 0.6) is 0 Å². The molecule has 1 rings (SSSR count). The number of piperidine rings is 1. The molecule has 5 heteroatoms. The minimum absolute atomic E-state index is 0.217. The number of rotatable bonds is 9. The van der Waals surface area contributed by atoms with Gasteiger partial charge in [0.25, 0.3) is 0 Å². The first-order valence-corrected chi connectivity index (χ1v) is 9.01. The summed E-state index contributed by atoms with van der Waals surface area (Å²) in [5.41, 5.74) is 0. The number of hydrogen-bond acceptors (Lipinski definition) is 1. The Labute approximate surface area is 129 Å². The van der Waals surface area contributed by atoms with E-state index in [1.807, 2.05) is 4.90 Å². The molecule has 120 valence electrons. The molecule has 1 aliphatic rings. The van der Waals surface area contributed by atoms with Gasteiger partial charge in [0, 0.05) is 11.9 Å². The largest absolute Gasteiger partial charge is 0.393 e. The maximum atomic E-state index is 12.7. The lowest BCUT2D eigenvalue weighted by atomic mass is 9.97. The molecule has 1 unspecified atom stereocenters. The lowest BCUT2D eigenvalue weighted by molar-refractivity contribution is -0.186. The quantitative estimate of drug-likeness (QED) is 0.395. The Balaban J connectivity index is 2.01. The van der Waals surface area contributed by atoms with Crippen LogP contribution < -0.4 is 0 Å². The van der Waals surface area contributed by atoms with Gasteiger partial charge in [-0.05, 0) is 38.8 Å². The van der Waals surface area contributed by atoms with Gasteiger partial charge in [-0.3, -0.25) is 0 Å². The van der Waals surface area contributed by atoms with Crippen LogP contribution in [0.25, 0.3) is 0 Å². The molecule has 0 radical (unpaired) electrons. The van der Waals surface area contributed by atoms with Gasteiger partial charge in [0.15, 0.2) is 0 Å². The lowest BCUT2D eigenvalue weighted by Gasteiger charge is -2.33. The van der Waals surface area contributed by atoms with Crippen molar-refractivity contribution in [2.24, 2.45) is 5.92 Å². The zero-order valence-electron chi connectivity index (χ0n) is 12.2. The van der Waals surface area contributed by atoms with E-state index in [-0.39, 0.29) is 6.54 Å². The van der Waals surface area contributed by atoms with E-state index in [4.69, 9.17) is 0 Å². The molecular formula is C15H27BrF3N. The maximum Gasteiger partial charge on any atom is 0.393 e. The van der Waals surface area contributed by atoms with Gasteiger partial charge in [-0.25, -0.2) is 0 Å². The van der Waals surface area contributed by atoms with Crippen molar-refractivity contribution >= 4 is 15.9 Å². The van der Waals surface area contributed by atoms with Crippen molar-refractivity contribution in [3.8, 4) is 0 Å². The highest BCUT2D eigenvalue weighted by Gasteiger charge is 2.41. The zero-order chi connectivity index (χ0) is 14.8. The van der Waals surface area contributed by atoms with Gasteiger partial charge >= 0.3 is 6.18 Å². The average molecular weight is 358 g/mol. The van der Waals surface area contributed by atoms with E-state index in [9.17, 15) is 13.2 Å². The molecule has 0 aromatic carbocycles. The third kappa shape index (κ3) is 7.87. The van der Waals surface area contributed by atoms with Gasteiger partial charge in [0.2, 0.25) is 0 Å². The number of halogens is 4. The van der Waals surface area contributed by atoms with Crippen molar-refractivity contribution in [2.75, 3.05) is 25.0 Å².